The summed E-state index contributed by atoms with van der Waals surface area (Å²) in [4.78, 5) is 13.6. The maximum atomic E-state index is 9.21. The van der Waals surface area contributed by atoms with Gasteiger partial charge in [0.25, 0.3) is 0 Å². The second kappa shape index (κ2) is 8.45. The predicted octanol–water partition coefficient (Wildman–Crippen LogP) is 4.71. The summed E-state index contributed by atoms with van der Waals surface area (Å²) in [5, 5.41) is 13.3. The van der Waals surface area contributed by atoms with Gasteiger partial charge in [-0.1, -0.05) is 6.07 Å². The van der Waals surface area contributed by atoms with Crippen LogP contribution >= 0.6 is 0 Å². The van der Waals surface area contributed by atoms with Crippen molar-refractivity contribution < 1.29 is 9.47 Å². The van der Waals surface area contributed by atoms with E-state index in [1.165, 1.54) is 0 Å². The van der Waals surface area contributed by atoms with E-state index in [0.717, 1.165) is 16.6 Å². The predicted molar refractivity (Wildman–Crippen MR) is 115 cm³/mol. The van der Waals surface area contributed by atoms with Crippen LogP contribution in [-0.2, 0) is 0 Å². The number of ether oxygens (including phenoxy) is 2. The molecule has 0 radical (unpaired) electrons. The molecule has 0 fully saturated rings. The van der Waals surface area contributed by atoms with Crippen molar-refractivity contribution >= 4 is 22.4 Å². The quantitative estimate of drug-likeness (QED) is 0.503. The highest BCUT2D eigenvalue weighted by molar-refractivity contribution is 5.94. The number of nitriles is 1. The Morgan fingerprint density at radius 3 is 2.70 bits per heavy atom. The van der Waals surface area contributed by atoms with Crippen molar-refractivity contribution in [1.82, 2.24) is 15.0 Å². The minimum atomic E-state index is 0.503. The number of fused-ring (bicyclic) bond motifs is 1. The number of aromatic nitrogens is 3. The van der Waals surface area contributed by atoms with Gasteiger partial charge in [0, 0.05) is 35.1 Å². The van der Waals surface area contributed by atoms with Gasteiger partial charge in [0.1, 0.15) is 5.82 Å². The van der Waals surface area contributed by atoms with Crippen molar-refractivity contribution in [3.8, 4) is 29.0 Å². The molecule has 0 saturated carbocycles. The zero-order valence-electron chi connectivity index (χ0n) is 16.6. The number of methoxy groups -OCH3 is 1. The molecule has 148 valence electrons. The number of hydrogen-bond acceptors (Lipinski definition) is 7. The first kappa shape index (κ1) is 19.2. The number of benzene rings is 2. The van der Waals surface area contributed by atoms with Crippen molar-refractivity contribution in [1.29, 1.82) is 5.26 Å². The maximum absolute atomic E-state index is 9.21. The van der Waals surface area contributed by atoms with E-state index in [1.54, 1.807) is 31.6 Å². The molecule has 0 saturated heterocycles. The number of hydrogen-bond donors (Lipinski definition) is 1. The van der Waals surface area contributed by atoms with Crippen LogP contribution in [0.1, 0.15) is 12.5 Å². The van der Waals surface area contributed by atoms with E-state index in [-0.39, 0.29) is 0 Å². The fourth-order valence-electron chi connectivity index (χ4n) is 3.09. The third-order valence-electron chi connectivity index (χ3n) is 4.46. The first-order valence-electron chi connectivity index (χ1n) is 9.42. The molecule has 0 aliphatic rings. The smallest absolute Gasteiger partial charge is 0.163 e. The van der Waals surface area contributed by atoms with Gasteiger partial charge in [-0.2, -0.15) is 5.26 Å². The molecule has 4 rings (SSSR count). The molecule has 30 heavy (non-hydrogen) atoms. The molecule has 4 aromatic rings. The summed E-state index contributed by atoms with van der Waals surface area (Å²) < 4.78 is 11.2. The van der Waals surface area contributed by atoms with Gasteiger partial charge in [-0.05, 0) is 43.3 Å². The largest absolute Gasteiger partial charge is 0.493 e. The average Bonchev–Trinajstić information content (AvgIpc) is 2.79. The SMILES string of the molecule is CCOc1cc2c(Nc3cccc(C#N)c3)nc(-c3cccnc3)nc2cc1OC. The lowest BCUT2D eigenvalue weighted by Crippen LogP contribution is -2.02. The summed E-state index contributed by atoms with van der Waals surface area (Å²) in [6, 6.07) is 16.8. The summed E-state index contributed by atoms with van der Waals surface area (Å²) in [5.74, 6) is 2.33. The van der Waals surface area contributed by atoms with Gasteiger partial charge in [-0.3, -0.25) is 4.98 Å². The molecule has 0 aliphatic heterocycles. The summed E-state index contributed by atoms with van der Waals surface area (Å²) in [6.45, 7) is 2.42. The van der Waals surface area contributed by atoms with Crippen LogP contribution in [0.3, 0.4) is 0 Å². The van der Waals surface area contributed by atoms with E-state index in [0.29, 0.717) is 40.8 Å². The zero-order valence-corrected chi connectivity index (χ0v) is 16.6. The number of pyridine rings is 1. The molecular weight excluding hydrogens is 378 g/mol. The van der Waals surface area contributed by atoms with Gasteiger partial charge in [0.2, 0.25) is 0 Å². The highest BCUT2D eigenvalue weighted by Gasteiger charge is 2.15. The Kier molecular flexibility index (Phi) is 5.39. The highest BCUT2D eigenvalue weighted by atomic mass is 16.5. The second-order valence-electron chi connectivity index (χ2n) is 6.41. The molecule has 0 atom stereocenters. The summed E-state index contributed by atoms with van der Waals surface area (Å²) in [7, 11) is 1.60. The van der Waals surface area contributed by atoms with Crippen LogP contribution in [0, 0.1) is 11.3 Å². The highest BCUT2D eigenvalue weighted by Crippen LogP contribution is 2.36. The maximum Gasteiger partial charge on any atom is 0.163 e. The van der Waals surface area contributed by atoms with Crippen LogP contribution in [0.4, 0.5) is 11.5 Å². The molecule has 1 N–H and O–H groups in total. The van der Waals surface area contributed by atoms with Crippen molar-refractivity contribution in [3.05, 3.63) is 66.5 Å². The Labute approximate surface area is 174 Å². The lowest BCUT2D eigenvalue weighted by atomic mass is 10.1. The normalized spacial score (nSPS) is 10.4. The number of nitrogens with zero attached hydrogens (tertiary/aromatic N) is 4. The standard InChI is InChI=1S/C23H19N5O2/c1-3-30-21-11-18-19(12-20(21)29-2)27-22(16-7-5-9-25-14-16)28-23(18)26-17-8-4-6-15(10-17)13-24/h4-12,14H,3H2,1-2H3,(H,26,27,28). The van der Waals surface area contributed by atoms with E-state index in [2.05, 4.69) is 16.4 Å². The Balaban J connectivity index is 1.92. The Morgan fingerprint density at radius 2 is 1.97 bits per heavy atom. The molecule has 0 aliphatic carbocycles. The lowest BCUT2D eigenvalue weighted by Gasteiger charge is -2.15. The molecule has 7 nitrogen and oxygen atoms in total. The lowest BCUT2D eigenvalue weighted by molar-refractivity contribution is 0.311. The number of nitrogens with one attached hydrogen (secondary N) is 1. The Hall–Kier alpha value is -4.18. The Bertz CT molecular complexity index is 1240. The minimum Gasteiger partial charge on any atom is -0.493 e. The summed E-state index contributed by atoms with van der Waals surface area (Å²) >= 11 is 0. The molecule has 0 bridgehead atoms. The fourth-order valence-corrected chi connectivity index (χ4v) is 3.09. The van der Waals surface area contributed by atoms with Crippen molar-refractivity contribution in [2.24, 2.45) is 0 Å². The van der Waals surface area contributed by atoms with Crippen molar-refractivity contribution in [3.63, 3.8) is 0 Å². The number of anilines is 2. The van der Waals surface area contributed by atoms with E-state index < -0.39 is 0 Å². The van der Waals surface area contributed by atoms with E-state index in [4.69, 9.17) is 19.4 Å². The second-order valence-corrected chi connectivity index (χ2v) is 6.41. The monoisotopic (exact) mass is 397 g/mol. The van der Waals surface area contributed by atoms with E-state index in [9.17, 15) is 5.26 Å². The molecule has 0 spiro atoms. The van der Waals surface area contributed by atoms with Gasteiger partial charge < -0.3 is 14.8 Å². The van der Waals surface area contributed by atoms with Crippen molar-refractivity contribution in [2.75, 3.05) is 19.0 Å². The third kappa shape index (κ3) is 3.84. The van der Waals surface area contributed by atoms with Crippen molar-refractivity contribution in [2.45, 2.75) is 6.92 Å². The molecular formula is C23H19N5O2. The van der Waals surface area contributed by atoms with E-state index >= 15 is 0 Å². The van der Waals surface area contributed by atoms with Crippen LogP contribution < -0.4 is 14.8 Å². The van der Waals surface area contributed by atoms with Crippen LogP contribution in [0.2, 0.25) is 0 Å². The van der Waals surface area contributed by atoms with E-state index in [1.807, 2.05) is 43.3 Å². The molecule has 2 aromatic carbocycles. The fraction of sp³-hybridized carbons (Fsp3) is 0.130. The molecule has 0 unspecified atom stereocenters. The van der Waals surface area contributed by atoms with Gasteiger partial charge in [0.05, 0.1) is 30.9 Å². The van der Waals surface area contributed by atoms with Crippen LogP contribution in [0.15, 0.2) is 60.9 Å². The topological polar surface area (TPSA) is 93.0 Å². The van der Waals surface area contributed by atoms with Crippen LogP contribution in [0.25, 0.3) is 22.3 Å². The van der Waals surface area contributed by atoms with Gasteiger partial charge in [0.15, 0.2) is 17.3 Å². The first-order chi connectivity index (χ1) is 14.7. The van der Waals surface area contributed by atoms with Crippen LogP contribution in [-0.4, -0.2) is 28.7 Å². The van der Waals surface area contributed by atoms with Gasteiger partial charge in [-0.15, -0.1) is 0 Å². The average molecular weight is 397 g/mol. The third-order valence-corrected chi connectivity index (χ3v) is 4.46. The molecule has 2 heterocycles. The minimum absolute atomic E-state index is 0.503. The van der Waals surface area contributed by atoms with Gasteiger partial charge >= 0.3 is 0 Å². The summed E-state index contributed by atoms with van der Waals surface area (Å²) in [6.07, 6.45) is 3.42. The van der Waals surface area contributed by atoms with Gasteiger partial charge in [-0.25, -0.2) is 9.97 Å². The first-order valence-corrected chi connectivity index (χ1v) is 9.42. The number of rotatable bonds is 6. The van der Waals surface area contributed by atoms with Crippen LogP contribution in [0.5, 0.6) is 11.5 Å². The molecule has 7 heteroatoms. The molecule has 0 amide bonds. The molecule has 2 aromatic heterocycles. The summed E-state index contributed by atoms with van der Waals surface area (Å²) in [5.41, 5.74) is 2.80. The zero-order chi connectivity index (χ0) is 20.9. The Morgan fingerprint density at radius 1 is 1.07 bits per heavy atom.